The SMILES string of the molecule is CC1=C(c2nc(-c3ccccc3)no2)C(c2ccc(Cl)cc2)NC(=O)N1Cc1ccccc1F. The second-order valence-corrected chi connectivity index (χ2v) is 8.34. The maximum absolute atomic E-state index is 14.4. The molecule has 1 unspecified atom stereocenters. The molecule has 0 aliphatic carbocycles. The lowest BCUT2D eigenvalue weighted by Gasteiger charge is -2.35. The molecule has 0 saturated carbocycles. The van der Waals surface area contributed by atoms with E-state index in [0.29, 0.717) is 27.7 Å². The summed E-state index contributed by atoms with van der Waals surface area (Å²) in [5, 5.41) is 7.74. The van der Waals surface area contributed by atoms with Crippen molar-refractivity contribution in [2.75, 3.05) is 0 Å². The molecule has 1 atom stereocenters. The quantitative estimate of drug-likeness (QED) is 0.372. The van der Waals surface area contributed by atoms with Crippen LogP contribution in [0.1, 0.15) is 30.0 Å². The van der Waals surface area contributed by atoms with Crippen LogP contribution in [-0.2, 0) is 6.54 Å². The van der Waals surface area contributed by atoms with Gasteiger partial charge in [-0.25, -0.2) is 9.18 Å². The normalized spacial score (nSPS) is 16.0. The molecule has 2 heterocycles. The molecule has 5 rings (SSSR count). The molecular weight excluding hydrogens is 455 g/mol. The second kappa shape index (κ2) is 9.11. The lowest BCUT2D eigenvalue weighted by Crippen LogP contribution is -2.45. The Balaban J connectivity index is 1.61. The van der Waals surface area contributed by atoms with E-state index < -0.39 is 6.04 Å². The summed E-state index contributed by atoms with van der Waals surface area (Å²) in [6, 6.07) is 22.1. The average Bonchev–Trinajstić information content (AvgIpc) is 3.33. The first-order valence-electron chi connectivity index (χ1n) is 10.7. The van der Waals surface area contributed by atoms with Gasteiger partial charge in [0.1, 0.15) is 5.82 Å². The highest BCUT2D eigenvalue weighted by molar-refractivity contribution is 6.30. The number of rotatable bonds is 5. The van der Waals surface area contributed by atoms with Crippen LogP contribution in [0.2, 0.25) is 5.02 Å². The van der Waals surface area contributed by atoms with Gasteiger partial charge in [0.15, 0.2) is 0 Å². The van der Waals surface area contributed by atoms with Gasteiger partial charge in [-0.1, -0.05) is 77.4 Å². The first-order valence-corrected chi connectivity index (χ1v) is 11.1. The Morgan fingerprint density at radius 2 is 1.74 bits per heavy atom. The van der Waals surface area contributed by atoms with Crippen LogP contribution in [0.5, 0.6) is 0 Å². The predicted octanol–water partition coefficient (Wildman–Crippen LogP) is 6.23. The van der Waals surface area contributed by atoms with Crippen LogP contribution < -0.4 is 5.32 Å². The van der Waals surface area contributed by atoms with Crippen molar-refractivity contribution in [2.24, 2.45) is 0 Å². The number of nitrogens with one attached hydrogen (secondary N) is 1. The van der Waals surface area contributed by atoms with Crippen molar-refractivity contribution in [3.63, 3.8) is 0 Å². The smallest absolute Gasteiger partial charge is 0.322 e. The van der Waals surface area contributed by atoms with Crippen molar-refractivity contribution in [3.8, 4) is 11.4 Å². The number of benzene rings is 3. The molecule has 3 aromatic carbocycles. The van der Waals surface area contributed by atoms with Gasteiger partial charge in [0.2, 0.25) is 5.82 Å². The first kappa shape index (κ1) is 21.9. The van der Waals surface area contributed by atoms with Gasteiger partial charge >= 0.3 is 6.03 Å². The summed E-state index contributed by atoms with van der Waals surface area (Å²) >= 11 is 6.08. The highest BCUT2D eigenvalue weighted by Crippen LogP contribution is 2.38. The third-order valence-electron chi connectivity index (χ3n) is 5.77. The average molecular weight is 475 g/mol. The van der Waals surface area contributed by atoms with Gasteiger partial charge < -0.3 is 9.84 Å². The van der Waals surface area contributed by atoms with Gasteiger partial charge in [0.25, 0.3) is 5.89 Å². The number of nitrogens with zero attached hydrogens (tertiary/aromatic N) is 3. The topological polar surface area (TPSA) is 71.3 Å². The van der Waals surface area contributed by atoms with Crippen molar-refractivity contribution in [3.05, 3.63) is 112 Å². The summed E-state index contributed by atoms with van der Waals surface area (Å²) in [5.41, 5.74) is 3.24. The fourth-order valence-electron chi connectivity index (χ4n) is 3.99. The van der Waals surface area contributed by atoms with Gasteiger partial charge in [0.05, 0.1) is 18.2 Å². The molecule has 0 spiro atoms. The zero-order valence-electron chi connectivity index (χ0n) is 18.2. The Kier molecular flexibility index (Phi) is 5.86. The van der Waals surface area contributed by atoms with E-state index in [-0.39, 0.29) is 24.3 Å². The van der Waals surface area contributed by atoms with Crippen molar-refractivity contribution < 1.29 is 13.7 Å². The van der Waals surface area contributed by atoms with Crippen molar-refractivity contribution in [1.82, 2.24) is 20.4 Å². The maximum atomic E-state index is 14.4. The fourth-order valence-corrected chi connectivity index (χ4v) is 4.11. The number of urea groups is 1. The third kappa shape index (κ3) is 4.18. The predicted molar refractivity (Wildman–Crippen MR) is 127 cm³/mol. The van der Waals surface area contributed by atoms with Crippen molar-refractivity contribution >= 4 is 23.2 Å². The molecular formula is C26H20ClFN4O2. The molecule has 1 aliphatic heterocycles. The Labute approximate surface area is 200 Å². The van der Waals surface area contributed by atoms with E-state index in [9.17, 15) is 9.18 Å². The summed E-state index contributed by atoms with van der Waals surface area (Å²) < 4.78 is 20.0. The van der Waals surface area contributed by atoms with E-state index >= 15 is 0 Å². The highest BCUT2D eigenvalue weighted by Gasteiger charge is 2.36. The Bertz CT molecular complexity index is 1370. The van der Waals surface area contributed by atoms with E-state index in [1.807, 2.05) is 42.5 Å². The van der Waals surface area contributed by atoms with Crippen LogP contribution in [0.25, 0.3) is 17.0 Å². The van der Waals surface area contributed by atoms with Crippen molar-refractivity contribution in [2.45, 2.75) is 19.5 Å². The molecule has 34 heavy (non-hydrogen) atoms. The molecule has 6 nitrogen and oxygen atoms in total. The largest absolute Gasteiger partial charge is 0.334 e. The lowest BCUT2D eigenvalue weighted by molar-refractivity contribution is 0.202. The molecule has 170 valence electrons. The lowest BCUT2D eigenvalue weighted by atomic mass is 9.94. The minimum absolute atomic E-state index is 0.0564. The number of carbonyl (C=O) groups is 1. The molecule has 0 radical (unpaired) electrons. The van der Waals surface area contributed by atoms with E-state index in [1.54, 1.807) is 37.3 Å². The Morgan fingerprint density at radius 3 is 2.47 bits per heavy atom. The minimum Gasteiger partial charge on any atom is -0.334 e. The molecule has 1 aromatic heterocycles. The third-order valence-corrected chi connectivity index (χ3v) is 6.03. The summed E-state index contributed by atoms with van der Waals surface area (Å²) in [6.07, 6.45) is 0. The molecule has 1 N–H and O–H groups in total. The number of hydrogen-bond donors (Lipinski definition) is 1. The van der Waals surface area contributed by atoms with E-state index in [0.717, 1.165) is 11.1 Å². The number of aromatic nitrogens is 2. The number of amides is 2. The Hall–Kier alpha value is -3.97. The monoisotopic (exact) mass is 474 g/mol. The fraction of sp³-hybridized carbons (Fsp3) is 0.115. The Morgan fingerprint density at radius 1 is 1.03 bits per heavy atom. The zero-order valence-corrected chi connectivity index (χ0v) is 19.0. The summed E-state index contributed by atoms with van der Waals surface area (Å²) in [4.78, 5) is 19.2. The summed E-state index contributed by atoms with van der Waals surface area (Å²) in [6.45, 7) is 1.85. The number of halogens is 2. The minimum atomic E-state index is -0.550. The van der Waals surface area contributed by atoms with E-state index in [4.69, 9.17) is 16.1 Å². The van der Waals surface area contributed by atoms with E-state index in [1.165, 1.54) is 11.0 Å². The van der Waals surface area contributed by atoms with Crippen LogP contribution in [0.3, 0.4) is 0 Å². The second-order valence-electron chi connectivity index (χ2n) is 7.90. The van der Waals surface area contributed by atoms with Crippen LogP contribution in [0.4, 0.5) is 9.18 Å². The van der Waals surface area contributed by atoms with Crippen molar-refractivity contribution in [1.29, 1.82) is 0 Å². The van der Waals surface area contributed by atoms with Crippen LogP contribution in [0.15, 0.2) is 89.1 Å². The molecule has 2 amide bonds. The van der Waals surface area contributed by atoms with Crippen LogP contribution >= 0.6 is 11.6 Å². The molecule has 8 heteroatoms. The zero-order chi connectivity index (χ0) is 23.7. The molecule has 0 saturated heterocycles. The standard InChI is InChI=1S/C26H20ClFN4O2/c1-16-22(25-30-24(31-34-25)18-7-3-2-4-8-18)23(17-11-13-20(27)14-12-17)29-26(33)32(16)15-19-9-5-6-10-21(19)28/h2-14,23H,15H2,1H3,(H,29,33). The number of hydrogen-bond acceptors (Lipinski definition) is 4. The van der Waals surface area contributed by atoms with E-state index in [2.05, 4.69) is 15.5 Å². The summed E-state index contributed by atoms with van der Waals surface area (Å²) in [7, 11) is 0. The number of carbonyl (C=O) groups excluding carboxylic acids is 1. The summed E-state index contributed by atoms with van der Waals surface area (Å²) in [5.74, 6) is 0.326. The van der Waals surface area contributed by atoms with Crippen LogP contribution in [0, 0.1) is 5.82 Å². The van der Waals surface area contributed by atoms with Gasteiger partial charge in [-0.05, 0) is 30.7 Å². The number of allylic oxidation sites excluding steroid dienone is 1. The van der Waals surface area contributed by atoms with Gasteiger partial charge in [-0.2, -0.15) is 4.98 Å². The molecule has 4 aromatic rings. The molecule has 0 fully saturated rings. The van der Waals surface area contributed by atoms with Crippen LogP contribution in [-0.4, -0.2) is 21.1 Å². The first-order chi connectivity index (χ1) is 16.5. The van der Waals surface area contributed by atoms with Gasteiger partial charge in [0, 0.05) is 21.8 Å². The molecule has 0 bridgehead atoms. The molecule has 1 aliphatic rings. The maximum Gasteiger partial charge on any atom is 0.322 e. The van der Waals surface area contributed by atoms with Gasteiger partial charge in [-0.15, -0.1) is 0 Å². The highest BCUT2D eigenvalue weighted by atomic mass is 35.5. The van der Waals surface area contributed by atoms with Gasteiger partial charge in [-0.3, -0.25) is 4.90 Å².